The van der Waals surface area contributed by atoms with Crippen LogP contribution in [0.5, 0.6) is 11.5 Å². The maximum absolute atomic E-state index is 11.9. The Morgan fingerprint density at radius 3 is 2.42 bits per heavy atom. The van der Waals surface area contributed by atoms with E-state index in [1.807, 2.05) is 24.0 Å². The normalized spacial score (nSPS) is 14.4. The molecule has 4 heteroatoms. The Balaban J connectivity index is 2.27. The minimum atomic E-state index is 0.0583. The van der Waals surface area contributed by atoms with E-state index in [1.165, 1.54) is 5.56 Å². The molecule has 102 valence electrons. The second-order valence-corrected chi connectivity index (χ2v) is 4.49. The summed E-state index contributed by atoms with van der Waals surface area (Å²) >= 11 is 0. The number of hydrogen-bond donors (Lipinski definition) is 0. The zero-order valence-electron chi connectivity index (χ0n) is 11.6. The molecule has 1 amide bonds. The zero-order chi connectivity index (χ0) is 13.8. The second kappa shape index (κ2) is 5.78. The minimum Gasteiger partial charge on any atom is -0.493 e. The van der Waals surface area contributed by atoms with Crippen molar-refractivity contribution in [3.63, 3.8) is 0 Å². The number of carbonyl (C=O) groups excluding carboxylic acids is 1. The maximum Gasteiger partial charge on any atom is 0.246 e. The fourth-order valence-electron chi connectivity index (χ4n) is 2.32. The lowest BCUT2D eigenvalue weighted by molar-refractivity contribution is -0.126. The predicted octanol–water partition coefficient (Wildman–Crippen LogP) is 2.16. The highest BCUT2D eigenvalue weighted by Crippen LogP contribution is 2.33. The van der Waals surface area contributed by atoms with E-state index < -0.39 is 0 Å². The number of methoxy groups -OCH3 is 2. The van der Waals surface area contributed by atoms with Crippen LogP contribution in [0, 0.1) is 0 Å². The van der Waals surface area contributed by atoms with Crippen LogP contribution in [0.25, 0.3) is 0 Å². The molecule has 19 heavy (non-hydrogen) atoms. The topological polar surface area (TPSA) is 38.8 Å². The average molecular weight is 261 g/mol. The van der Waals surface area contributed by atoms with E-state index in [1.54, 1.807) is 26.4 Å². The van der Waals surface area contributed by atoms with Gasteiger partial charge >= 0.3 is 0 Å². The first-order chi connectivity index (χ1) is 9.19. The van der Waals surface area contributed by atoms with Crippen LogP contribution in [0.4, 0.5) is 0 Å². The van der Waals surface area contributed by atoms with Crippen molar-refractivity contribution < 1.29 is 14.3 Å². The monoisotopic (exact) mass is 261 g/mol. The number of fused-ring (bicyclic) bond motifs is 1. The number of amides is 1. The van der Waals surface area contributed by atoms with Crippen LogP contribution in [0.3, 0.4) is 0 Å². The van der Waals surface area contributed by atoms with Crippen molar-refractivity contribution >= 4 is 5.91 Å². The predicted molar refractivity (Wildman–Crippen MR) is 73.5 cm³/mol. The fraction of sp³-hybridized carbons (Fsp3) is 0.400. The van der Waals surface area contributed by atoms with Gasteiger partial charge in [-0.25, -0.2) is 0 Å². The molecular weight excluding hydrogens is 242 g/mol. The molecule has 0 saturated heterocycles. The lowest BCUT2D eigenvalue weighted by Gasteiger charge is -2.28. The van der Waals surface area contributed by atoms with Gasteiger partial charge in [0.15, 0.2) is 11.5 Å². The van der Waals surface area contributed by atoms with Gasteiger partial charge in [0.05, 0.1) is 14.2 Å². The van der Waals surface area contributed by atoms with Crippen LogP contribution in [0.15, 0.2) is 24.3 Å². The van der Waals surface area contributed by atoms with Crippen LogP contribution < -0.4 is 9.47 Å². The molecule has 4 nitrogen and oxygen atoms in total. The summed E-state index contributed by atoms with van der Waals surface area (Å²) < 4.78 is 10.6. The highest BCUT2D eigenvalue weighted by Gasteiger charge is 2.21. The molecule has 0 atom stereocenters. The summed E-state index contributed by atoms with van der Waals surface area (Å²) in [4.78, 5) is 13.7. The van der Waals surface area contributed by atoms with Gasteiger partial charge in [-0.2, -0.15) is 0 Å². The van der Waals surface area contributed by atoms with Gasteiger partial charge < -0.3 is 14.4 Å². The van der Waals surface area contributed by atoms with E-state index in [4.69, 9.17) is 9.47 Å². The van der Waals surface area contributed by atoms with Crippen molar-refractivity contribution in [3.8, 4) is 11.5 Å². The van der Waals surface area contributed by atoms with Crippen LogP contribution in [0.1, 0.15) is 18.1 Å². The van der Waals surface area contributed by atoms with E-state index in [9.17, 15) is 4.79 Å². The SMILES string of the molecule is C/C=C/C(=O)N1CCc2cc(OC)c(OC)cc2C1. The number of hydrogen-bond acceptors (Lipinski definition) is 3. The molecular formula is C15H19NO3. The first-order valence-electron chi connectivity index (χ1n) is 6.35. The molecule has 0 bridgehead atoms. The number of nitrogens with zero attached hydrogens (tertiary/aromatic N) is 1. The molecule has 1 aliphatic rings. The smallest absolute Gasteiger partial charge is 0.246 e. The third kappa shape index (κ3) is 2.72. The van der Waals surface area contributed by atoms with Gasteiger partial charge in [0.2, 0.25) is 5.91 Å². The van der Waals surface area contributed by atoms with Gasteiger partial charge in [-0.3, -0.25) is 4.79 Å². The minimum absolute atomic E-state index is 0.0583. The molecule has 1 aliphatic heterocycles. The van der Waals surface area contributed by atoms with Gasteiger partial charge in [-0.1, -0.05) is 6.08 Å². The summed E-state index contributed by atoms with van der Waals surface area (Å²) in [7, 11) is 3.25. The van der Waals surface area contributed by atoms with Crippen molar-refractivity contribution in [1.29, 1.82) is 0 Å². The third-order valence-corrected chi connectivity index (χ3v) is 3.34. The Morgan fingerprint density at radius 1 is 1.21 bits per heavy atom. The third-order valence-electron chi connectivity index (χ3n) is 3.34. The molecule has 1 heterocycles. The Bertz CT molecular complexity index is 508. The van der Waals surface area contributed by atoms with E-state index in [0.717, 1.165) is 24.3 Å². The van der Waals surface area contributed by atoms with Crippen molar-refractivity contribution in [3.05, 3.63) is 35.4 Å². The van der Waals surface area contributed by atoms with Gasteiger partial charge in [0.1, 0.15) is 0 Å². The summed E-state index contributed by atoms with van der Waals surface area (Å²) in [6.45, 7) is 3.22. The van der Waals surface area contributed by atoms with E-state index >= 15 is 0 Å². The van der Waals surface area contributed by atoms with Gasteiger partial charge in [0.25, 0.3) is 0 Å². The molecule has 1 aromatic carbocycles. The molecule has 1 aromatic rings. The molecule has 0 spiro atoms. The standard InChI is InChI=1S/C15H19NO3/c1-4-5-15(17)16-7-6-11-8-13(18-2)14(19-3)9-12(11)10-16/h4-5,8-9H,6-7,10H2,1-3H3/b5-4+. The Morgan fingerprint density at radius 2 is 1.84 bits per heavy atom. The highest BCUT2D eigenvalue weighted by atomic mass is 16.5. The molecule has 0 N–H and O–H groups in total. The van der Waals surface area contributed by atoms with Crippen molar-refractivity contribution in [2.45, 2.75) is 19.9 Å². The molecule has 0 fully saturated rings. The molecule has 2 rings (SSSR count). The molecule has 0 aromatic heterocycles. The maximum atomic E-state index is 11.9. The van der Waals surface area contributed by atoms with Crippen molar-refractivity contribution in [2.24, 2.45) is 0 Å². The van der Waals surface area contributed by atoms with Crippen LogP contribution >= 0.6 is 0 Å². The number of ether oxygens (including phenoxy) is 2. The lowest BCUT2D eigenvalue weighted by atomic mass is 9.98. The van der Waals surface area contributed by atoms with E-state index in [0.29, 0.717) is 12.3 Å². The lowest BCUT2D eigenvalue weighted by Crippen LogP contribution is -2.34. The van der Waals surface area contributed by atoms with E-state index in [2.05, 4.69) is 0 Å². The molecule has 0 radical (unpaired) electrons. The molecule has 0 unspecified atom stereocenters. The molecule has 0 saturated carbocycles. The van der Waals surface area contributed by atoms with Crippen LogP contribution in [-0.4, -0.2) is 31.6 Å². The summed E-state index contributed by atoms with van der Waals surface area (Å²) in [5, 5.41) is 0. The summed E-state index contributed by atoms with van der Waals surface area (Å²) in [5.74, 6) is 1.51. The van der Waals surface area contributed by atoms with Gasteiger partial charge in [0, 0.05) is 13.1 Å². The average Bonchev–Trinajstić information content (AvgIpc) is 2.45. The number of benzene rings is 1. The van der Waals surface area contributed by atoms with Gasteiger partial charge in [-0.05, 0) is 42.7 Å². The quantitative estimate of drug-likeness (QED) is 0.783. The summed E-state index contributed by atoms with van der Waals surface area (Å²) in [5.41, 5.74) is 2.35. The fourth-order valence-corrected chi connectivity index (χ4v) is 2.32. The first-order valence-corrected chi connectivity index (χ1v) is 6.35. The Kier molecular flexibility index (Phi) is 4.10. The highest BCUT2D eigenvalue weighted by molar-refractivity contribution is 5.87. The zero-order valence-corrected chi connectivity index (χ0v) is 11.6. The molecule has 0 aliphatic carbocycles. The van der Waals surface area contributed by atoms with Crippen molar-refractivity contribution in [1.82, 2.24) is 4.90 Å². The van der Waals surface area contributed by atoms with E-state index in [-0.39, 0.29) is 5.91 Å². The number of carbonyl (C=O) groups is 1. The largest absolute Gasteiger partial charge is 0.493 e. The Labute approximate surface area is 113 Å². The second-order valence-electron chi connectivity index (χ2n) is 4.49. The summed E-state index contributed by atoms with van der Waals surface area (Å²) in [6, 6.07) is 3.97. The number of allylic oxidation sites excluding steroid dienone is 1. The van der Waals surface area contributed by atoms with Crippen molar-refractivity contribution in [2.75, 3.05) is 20.8 Å². The first kappa shape index (κ1) is 13.5. The van der Waals surface area contributed by atoms with Crippen LogP contribution in [-0.2, 0) is 17.8 Å². The number of rotatable bonds is 3. The van der Waals surface area contributed by atoms with Crippen LogP contribution in [0.2, 0.25) is 0 Å². The summed E-state index contributed by atoms with van der Waals surface area (Å²) in [6.07, 6.45) is 4.22. The Hall–Kier alpha value is -1.97. The van der Waals surface area contributed by atoms with Gasteiger partial charge in [-0.15, -0.1) is 0 Å².